The first kappa shape index (κ1) is 17.0. The van der Waals surface area contributed by atoms with Crippen LogP contribution in [0.5, 0.6) is 0 Å². The number of carbonyl (C=O) groups excluding carboxylic acids is 3. The minimum atomic E-state index is -0.807. The maximum Gasteiger partial charge on any atom is 0.241 e. The number of hydrazone groups is 1. The number of amidine groups is 1. The highest BCUT2D eigenvalue weighted by Crippen LogP contribution is 2.45. The molecule has 1 aliphatic rings. The van der Waals surface area contributed by atoms with E-state index in [0.29, 0.717) is 10.9 Å². The van der Waals surface area contributed by atoms with Gasteiger partial charge in [-0.2, -0.15) is 0 Å². The second-order valence-corrected chi connectivity index (χ2v) is 6.65. The smallest absolute Gasteiger partial charge is 0.241 e. The van der Waals surface area contributed by atoms with E-state index in [4.69, 9.17) is 0 Å². The number of anilines is 1. The van der Waals surface area contributed by atoms with Gasteiger partial charge >= 0.3 is 0 Å². The van der Waals surface area contributed by atoms with Crippen molar-refractivity contribution in [2.24, 2.45) is 5.10 Å². The molecule has 1 aromatic rings. The molecule has 2 N–H and O–H groups in total. The minimum Gasteiger partial charge on any atom is -0.326 e. The van der Waals surface area contributed by atoms with Crippen molar-refractivity contribution in [3.05, 3.63) is 29.8 Å². The van der Waals surface area contributed by atoms with Gasteiger partial charge in [-0.25, -0.2) is 5.01 Å². The number of benzene rings is 1. The van der Waals surface area contributed by atoms with Gasteiger partial charge in [-0.05, 0) is 24.6 Å². The molecule has 1 aromatic carbocycles. The first-order valence-corrected chi connectivity index (χ1v) is 7.78. The van der Waals surface area contributed by atoms with E-state index < -0.39 is 4.87 Å². The third-order valence-electron chi connectivity index (χ3n) is 3.19. The Balaban J connectivity index is 2.38. The molecule has 0 fully saturated rings. The quantitative estimate of drug-likeness (QED) is 0.863. The van der Waals surface area contributed by atoms with Crippen LogP contribution in [0.2, 0.25) is 0 Å². The second kappa shape index (κ2) is 6.41. The fraction of sp³-hybridized carbons (Fsp3) is 0.333. The van der Waals surface area contributed by atoms with E-state index in [2.05, 4.69) is 15.7 Å². The molecule has 1 aliphatic heterocycles. The number of thioether (sulfide) groups is 1. The molecule has 2 rings (SSSR count). The summed E-state index contributed by atoms with van der Waals surface area (Å²) in [6.07, 6.45) is 0. The summed E-state index contributed by atoms with van der Waals surface area (Å²) in [6.45, 7) is 6.06. The Morgan fingerprint density at radius 2 is 1.78 bits per heavy atom. The first-order valence-electron chi connectivity index (χ1n) is 6.96. The fourth-order valence-corrected chi connectivity index (χ4v) is 3.47. The van der Waals surface area contributed by atoms with Crippen molar-refractivity contribution < 1.29 is 14.4 Å². The van der Waals surface area contributed by atoms with E-state index in [1.807, 2.05) is 13.0 Å². The molecule has 1 heterocycles. The van der Waals surface area contributed by atoms with E-state index in [1.165, 1.54) is 37.5 Å². The van der Waals surface area contributed by atoms with E-state index in [-0.39, 0.29) is 17.7 Å². The molecule has 0 aromatic heterocycles. The van der Waals surface area contributed by atoms with Crippen LogP contribution in [0, 0.1) is 0 Å². The molecule has 8 heteroatoms. The van der Waals surface area contributed by atoms with Crippen LogP contribution in [0.15, 0.2) is 29.4 Å². The minimum absolute atomic E-state index is 0.176. The van der Waals surface area contributed by atoms with E-state index >= 15 is 0 Å². The number of nitrogens with one attached hydrogen (secondary N) is 2. The average molecular weight is 334 g/mol. The summed E-state index contributed by atoms with van der Waals surface area (Å²) < 4.78 is 0. The van der Waals surface area contributed by atoms with Crippen molar-refractivity contribution in [2.45, 2.75) is 32.6 Å². The molecule has 3 amide bonds. The third-order valence-corrected chi connectivity index (χ3v) is 4.37. The molecule has 1 atom stereocenters. The maximum atomic E-state index is 12.0. The molecule has 0 spiro atoms. The molecule has 0 aliphatic carbocycles. The van der Waals surface area contributed by atoms with Crippen LogP contribution in [-0.2, 0) is 19.3 Å². The van der Waals surface area contributed by atoms with Crippen molar-refractivity contribution >= 4 is 40.3 Å². The summed E-state index contributed by atoms with van der Waals surface area (Å²) in [5.74, 6) is -0.675. The number of amides is 3. The lowest BCUT2D eigenvalue weighted by Crippen LogP contribution is -2.37. The van der Waals surface area contributed by atoms with Crippen LogP contribution in [0.3, 0.4) is 0 Å². The Kier molecular flexibility index (Phi) is 4.74. The van der Waals surface area contributed by atoms with Gasteiger partial charge in [0.1, 0.15) is 4.87 Å². The van der Waals surface area contributed by atoms with E-state index in [1.54, 1.807) is 18.2 Å². The highest BCUT2D eigenvalue weighted by atomic mass is 32.2. The molecule has 0 saturated heterocycles. The summed E-state index contributed by atoms with van der Waals surface area (Å²) in [5.41, 5.74) is 1.42. The van der Waals surface area contributed by atoms with Gasteiger partial charge in [0, 0.05) is 26.5 Å². The standard InChI is InChI=1S/C15H18N4O3S/c1-9(20)16-13-7-5-6-12(8-13)15(4)19(11(3)22)18-14(23-15)17-10(2)21/h5-8H,1-4H3,(H,16,20)(H,17,18,21). The lowest BCUT2D eigenvalue weighted by atomic mass is 10.1. The molecule has 23 heavy (non-hydrogen) atoms. The molecule has 0 radical (unpaired) electrons. The number of nitrogens with zero attached hydrogens (tertiary/aromatic N) is 2. The number of carbonyl (C=O) groups is 3. The summed E-state index contributed by atoms with van der Waals surface area (Å²) in [7, 11) is 0. The number of hydrogen-bond donors (Lipinski definition) is 2. The first-order chi connectivity index (χ1) is 10.7. The highest BCUT2D eigenvalue weighted by molar-refractivity contribution is 8.14. The van der Waals surface area contributed by atoms with Crippen LogP contribution in [0.4, 0.5) is 5.69 Å². The van der Waals surface area contributed by atoms with Gasteiger partial charge in [0.2, 0.25) is 17.7 Å². The normalized spacial score (nSPS) is 20.0. The van der Waals surface area contributed by atoms with E-state index in [0.717, 1.165) is 5.56 Å². The average Bonchev–Trinajstić information content (AvgIpc) is 2.76. The van der Waals surface area contributed by atoms with Crippen LogP contribution < -0.4 is 10.6 Å². The van der Waals surface area contributed by atoms with Crippen molar-refractivity contribution in [2.75, 3.05) is 5.32 Å². The van der Waals surface area contributed by atoms with Gasteiger partial charge < -0.3 is 10.6 Å². The monoisotopic (exact) mass is 334 g/mol. The summed E-state index contributed by atoms with van der Waals surface area (Å²) in [4.78, 5) is 33.6. The number of rotatable bonds is 2. The molecule has 0 saturated carbocycles. The predicted octanol–water partition coefficient (Wildman–Crippen LogP) is 1.82. The van der Waals surface area contributed by atoms with Crippen molar-refractivity contribution in [3.8, 4) is 0 Å². The molecule has 0 bridgehead atoms. The van der Waals surface area contributed by atoms with Gasteiger partial charge in [-0.3, -0.25) is 14.4 Å². The Morgan fingerprint density at radius 1 is 1.13 bits per heavy atom. The zero-order valence-electron chi connectivity index (χ0n) is 13.3. The van der Waals surface area contributed by atoms with E-state index in [9.17, 15) is 14.4 Å². The Labute approximate surface area is 138 Å². The predicted molar refractivity (Wildman–Crippen MR) is 89.5 cm³/mol. The molecule has 1 unspecified atom stereocenters. The third kappa shape index (κ3) is 3.70. The van der Waals surface area contributed by atoms with Gasteiger partial charge in [0.25, 0.3) is 0 Å². The zero-order chi connectivity index (χ0) is 17.2. The van der Waals surface area contributed by atoms with Crippen molar-refractivity contribution in [1.82, 2.24) is 10.3 Å². The van der Waals surface area contributed by atoms with Crippen molar-refractivity contribution in [3.63, 3.8) is 0 Å². The zero-order valence-corrected chi connectivity index (χ0v) is 14.2. The van der Waals surface area contributed by atoms with Gasteiger partial charge in [0.05, 0.1) is 0 Å². The Morgan fingerprint density at radius 3 is 2.35 bits per heavy atom. The summed E-state index contributed by atoms with van der Waals surface area (Å²) >= 11 is 1.27. The number of hydrogen-bond acceptors (Lipinski definition) is 5. The second-order valence-electron chi connectivity index (χ2n) is 5.26. The molecule has 7 nitrogen and oxygen atoms in total. The lowest BCUT2D eigenvalue weighted by Gasteiger charge is -2.31. The summed E-state index contributed by atoms with van der Waals surface area (Å²) in [5, 5.41) is 11.2. The van der Waals surface area contributed by atoms with Crippen LogP contribution in [-0.4, -0.2) is 27.9 Å². The maximum absolute atomic E-state index is 12.0. The van der Waals surface area contributed by atoms with Gasteiger partial charge in [-0.1, -0.05) is 23.9 Å². The lowest BCUT2D eigenvalue weighted by molar-refractivity contribution is -0.131. The Bertz CT molecular complexity index is 704. The Hall–Kier alpha value is -2.35. The molecule has 122 valence electrons. The van der Waals surface area contributed by atoms with Crippen LogP contribution in [0.1, 0.15) is 33.3 Å². The van der Waals surface area contributed by atoms with Gasteiger partial charge in [-0.15, -0.1) is 5.10 Å². The molecular weight excluding hydrogens is 316 g/mol. The topological polar surface area (TPSA) is 90.9 Å². The fourth-order valence-electron chi connectivity index (χ4n) is 2.28. The van der Waals surface area contributed by atoms with Crippen LogP contribution >= 0.6 is 11.8 Å². The largest absolute Gasteiger partial charge is 0.326 e. The van der Waals surface area contributed by atoms with Crippen LogP contribution in [0.25, 0.3) is 0 Å². The van der Waals surface area contributed by atoms with Crippen molar-refractivity contribution in [1.29, 1.82) is 0 Å². The highest BCUT2D eigenvalue weighted by Gasteiger charge is 2.44. The molecular formula is C15H18N4O3S. The van der Waals surface area contributed by atoms with Gasteiger partial charge in [0.15, 0.2) is 5.17 Å². The summed E-state index contributed by atoms with van der Waals surface area (Å²) in [6, 6.07) is 7.19. The SMILES string of the molecule is CC(=O)NC1=NN(C(C)=O)C(C)(c2cccc(NC(C)=O)c2)S1.